The minimum absolute atomic E-state index is 0.124. The van der Waals surface area contributed by atoms with Crippen LogP contribution in [-0.4, -0.2) is 11.0 Å². The molecule has 0 radical (unpaired) electrons. The van der Waals surface area contributed by atoms with Crippen LogP contribution in [0.1, 0.15) is 5.56 Å². The van der Waals surface area contributed by atoms with E-state index in [4.69, 9.17) is 0 Å². The number of para-hydroxylation sites is 1. The number of benzene rings is 1. The van der Waals surface area contributed by atoms with E-state index in [9.17, 15) is 10.0 Å². The third kappa shape index (κ3) is 2.09. The van der Waals surface area contributed by atoms with Crippen molar-refractivity contribution in [2.45, 2.75) is 0 Å². The maximum absolute atomic E-state index is 11.9. The van der Waals surface area contributed by atoms with Gasteiger partial charge in [0.1, 0.15) is 0 Å². The van der Waals surface area contributed by atoms with Gasteiger partial charge in [-0.05, 0) is 30.4 Å². The summed E-state index contributed by atoms with van der Waals surface area (Å²) in [5.41, 5.74) is 2.52. The molecule has 1 N–H and O–H groups in total. The van der Waals surface area contributed by atoms with Crippen molar-refractivity contribution in [2.24, 2.45) is 0 Å². The first-order valence-corrected chi connectivity index (χ1v) is 6.56. The fourth-order valence-electron chi connectivity index (χ4n) is 2.10. The Hall–Kier alpha value is -1.91. The molecule has 4 heteroatoms. The van der Waals surface area contributed by atoms with Gasteiger partial charge < -0.3 is 0 Å². The lowest BCUT2D eigenvalue weighted by molar-refractivity contribution is -0.111. The first-order chi connectivity index (χ1) is 9.16. The minimum Gasteiger partial charge on any atom is -0.289 e. The highest BCUT2D eigenvalue weighted by atomic mass is 79.9. The van der Waals surface area contributed by atoms with E-state index in [2.05, 4.69) is 15.9 Å². The number of anilines is 1. The van der Waals surface area contributed by atoms with Crippen LogP contribution in [0.4, 0.5) is 5.69 Å². The van der Waals surface area contributed by atoms with Crippen molar-refractivity contribution < 1.29 is 10.0 Å². The second-order valence-electron chi connectivity index (χ2n) is 4.23. The second-order valence-corrected chi connectivity index (χ2v) is 5.15. The first-order valence-electron chi connectivity index (χ1n) is 5.77. The van der Waals surface area contributed by atoms with E-state index >= 15 is 0 Å². The van der Waals surface area contributed by atoms with Crippen molar-refractivity contribution in [2.75, 3.05) is 5.06 Å². The molecule has 0 spiro atoms. The van der Waals surface area contributed by atoms with Crippen LogP contribution in [0.25, 0.3) is 6.08 Å². The molecule has 0 unspecified atom stereocenters. The summed E-state index contributed by atoms with van der Waals surface area (Å²) in [6, 6.07) is 7.46. The highest BCUT2D eigenvalue weighted by molar-refractivity contribution is 9.11. The van der Waals surface area contributed by atoms with Crippen LogP contribution >= 0.6 is 15.9 Å². The standard InChI is InChI=1S/C15H10BrNO2/c16-11-6-8-15(18)12(9-11)14-7-5-10-3-1-2-4-13(10)17(14)19/h1-9,19H/b14-12-. The molecule has 0 amide bonds. The van der Waals surface area contributed by atoms with Crippen LogP contribution in [0.15, 0.2) is 64.3 Å². The molecule has 2 aliphatic rings. The summed E-state index contributed by atoms with van der Waals surface area (Å²) in [5, 5.41) is 11.3. The van der Waals surface area contributed by atoms with E-state index in [1.165, 1.54) is 6.08 Å². The second kappa shape index (κ2) is 4.64. The van der Waals surface area contributed by atoms with E-state index in [1.54, 1.807) is 24.3 Å². The predicted molar refractivity (Wildman–Crippen MR) is 77.9 cm³/mol. The van der Waals surface area contributed by atoms with Gasteiger partial charge in [-0.25, -0.2) is 5.06 Å². The maximum atomic E-state index is 11.9. The number of fused-ring (bicyclic) bond motifs is 1. The number of allylic oxidation sites excluding steroid dienone is 6. The van der Waals surface area contributed by atoms with Crippen LogP contribution in [-0.2, 0) is 4.79 Å². The van der Waals surface area contributed by atoms with Crippen LogP contribution in [0.2, 0.25) is 0 Å². The molecular weight excluding hydrogens is 306 g/mol. The molecule has 3 rings (SSSR count). The van der Waals surface area contributed by atoms with Crippen LogP contribution < -0.4 is 5.06 Å². The zero-order chi connectivity index (χ0) is 13.4. The van der Waals surface area contributed by atoms with Crippen molar-refractivity contribution in [3.05, 3.63) is 69.9 Å². The minimum atomic E-state index is -0.124. The molecule has 1 aliphatic heterocycles. The fraction of sp³-hybridized carbons (Fsp3) is 0. The Bertz CT molecular complexity index is 683. The van der Waals surface area contributed by atoms with Gasteiger partial charge in [-0.15, -0.1) is 0 Å². The molecule has 0 atom stereocenters. The summed E-state index contributed by atoms with van der Waals surface area (Å²) in [5.74, 6) is -0.124. The molecule has 1 aliphatic carbocycles. The Morgan fingerprint density at radius 1 is 1.05 bits per heavy atom. The summed E-state index contributed by atoms with van der Waals surface area (Å²) in [4.78, 5) is 11.9. The largest absolute Gasteiger partial charge is 0.289 e. The predicted octanol–water partition coefficient (Wildman–Crippen LogP) is 3.58. The van der Waals surface area contributed by atoms with Crippen LogP contribution in [0.5, 0.6) is 0 Å². The van der Waals surface area contributed by atoms with Gasteiger partial charge in [-0.3, -0.25) is 10.0 Å². The van der Waals surface area contributed by atoms with E-state index < -0.39 is 0 Å². The number of rotatable bonds is 0. The van der Waals surface area contributed by atoms with E-state index in [0.29, 0.717) is 17.0 Å². The lowest BCUT2D eigenvalue weighted by atomic mass is 10.00. The summed E-state index contributed by atoms with van der Waals surface area (Å²) >= 11 is 3.34. The molecule has 1 heterocycles. The third-order valence-electron chi connectivity index (χ3n) is 3.03. The number of ketones is 1. The SMILES string of the molecule is O=C1C=CC(Br)=C/C1=C1\C=Cc2ccccc2N1O. The van der Waals surface area contributed by atoms with Crippen molar-refractivity contribution in [1.29, 1.82) is 0 Å². The van der Waals surface area contributed by atoms with Gasteiger partial charge in [0.05, 0.1) is 11.4 Å². The molecule has 1 aromatic carbocycles. The zero-order valence-corrected chi connectivity index (χ0v) is 11.5. The molecule has 0 saturated heterocycles. The lowest BCUT2D eigenvalue weighted by Crippen LogP contribution is -2.23. The van der Waals surface area contributed by atoms with Gasteiger partial charge in [-0.2, -0.15) is 0 Å². The molecule has 0 bridgehead atoms. The Morgan fingerprint density at radius 2 is 1.84 bits per heavy atom. The Labute approximate surface area is 118 Å². The normalized spacial score (nSPS) is 21.5. The number of hydrogen-bond donors (Lipinski definition) is 1. The molecule has 94 valence electrons. The molecule has 19 heavy (non-hydrogen) atoms. The highest BCUT2D eigenvalue weighted by Gasteiger charge is 2.22. The molecule has 3 nitrogen and oxygen atoms in total. The highest BCUT2D eigenvalue weighted by Crippen LogP contribution is 2.32. The van der Waals surface area contributed by atoms with Crippen LogP contribution in [0, 0.1) is 0 Å². The van der Waals surface area contributed by atoms with Gasteiger partial charge in [-0.1, -0.05) is 40.2 Å². The number of hydroxylamine groups is 1. The van der Waals surface area contributed by atoms with Gasteiger partial charge in [0, 0.05) is 15.6 Å². The summed E-state index contributed by atoms with van der Waals surface area (Å²) < 4.78 is 0.801. The molecular formula is C15H10BrNO2. The smallest absolute Gasteiger partial charge is 0.188 e. The average molecular weight is 316 g/mol. The third-order valence-corrected chi connectivity index (χ3v) is 3.52. The number of nitrogens with zero attached hydrogens (tertiary/aromatic N) is 1. The van der Waals surface area contributed by atoms with E-state index in [-0.39, 0.29) is 5.78 Å². The van der Waals surface area contributed by atoms with E-state index in [1.807, 2.05) is 24.3 Å². The molecule has 0 fully saturated rings. The van der Waals surface area contributed by atoms with E-state index in [0.717, 1.165) is 15.1 Å². The average Bonchev–Trinajstić information content (AvgIpc) is 2.43. The molecule has 1 aromatic rings. The van der Waals surface area contributed by atoms with Gasteiger partial charge >= 0.3 is 0 Å². The van der Waals surface area contributed by atoms with Crippen molar-refractivity contribution in [3.63, 3.8) is 0 Å². The Balaban J connectivity index is 2.15. The number of halogens is 1. The number of carbonyl (C=O) groups is 1. The molecule has 0 saturated carbocycles. The van der Waals surface area contributed by atoms with Crippen molar-refractivity contribution in [3.8, 4) is 0 Å². The summed E-state index contributed by atoms with van der Waals surface area (Å²) in [7, 11) is 0. The zero-order valence-electron chi connectivity index (χ0n) is 9.88. The molecule has 0 aromatic heterocycles. The monoisotopic (exact) mass is 315 g/mol. The first kappa shape index (κ1) is 12.1. The van der Waals surface area contributed by atoms with Gasteiger partial charge in [0.25, 0.3) is 0 Å². The lowest BCUT2D eigenvalue weighted by Gasteiger charge is -2.25. The van der Waals surface area contributed by atoms with Crippen molar-refractivity contribution >= 4 is 33.5 Å². The Morgan fingerprint density at radius 3 is 2.68 bits per heavy atom. The Kier molecular flexibility index (Phi) is 2.97. The van der Waals surface area contributed by atoms with Crippen LogP contribution in [0.3, 0.4) is 0 Å². The quantitative estimate of drug-likeness (QED) is 0.744. The number of carbonyl (C=O) groups excluding carboxylic acids is 1. The van der Waals surface area contributed by atoms with Gasteiger partial charge in [0.2, 0.25) is 0 Å². The topological polar surface area (TPSA) is 40.5 Å². The number of hydrogen-bond acceptors (Lipinski definition) is 3. The van der Waals surface area contributed by atoms with Gasteiger partial charge in [0.15, 0.2) is 5.78 Å². The fourth-order valence-corrected chi connectivity index (χ4v) is 2.46. The van der Waals surface area contributed by atoms with Crippen molar-refractivity contribution in [1.82, 2.24) is 0 Å². The summed E-state index contributed by atoms with van der Waals surface area (Å²) in [6.45, 7) is 0. The summed E-state index contributed by atoms with van der Waals surface area (Å²) in [6.07, 6.45) is 8.51. The maximum Gasteiger partial charge on any atom is 0.188 e.